The highest BCUT2D eigenvalue weighted by Gasteiger charge is 2.10. The van der Waals surface area contributed by atoms with Crippen molar-refractivity contribution in [1.82, 2.24) is 9.55 Å². The van der Waals surface area contributed by atoms with Crippen molar-refractivity contribution in [2.24, 2.45) is 0 Å². The van der Waals surface area contributed by atoms with Crippen LogP contribution in [-0.4, -0.2) is 9.55 Å². The second-order valence-corrected chi connectivity index (χ2v) is 4.30. The van der Waals surface area contributed by atoms with Crippen LogP contribution in [0.3, 0.4) is 0 Å². The summed E-state index contributed by atoms with van der Waals surface area (Å²) >= 11 is 0. The molecule has 0 fully saturated rings. The number of nitrogens with zero attached hydrogens (tertiary/aromatic N) is 2. The maximum atomic E-state index is 12.3. The van der Waals surface area contributed by atoms with Gasteiger partial charge in [-0.2, -0.15) is 0 Å². The Hall–Kier alpha value is -1.90. The Balaban J connectivity index is 2.82. The minimum atomic E-state index is 0.0179. The van der Waals surface area contributed by atoms with Gasteiger partial charge < -0.3 is 0 Å². The molecule has 17 heavy (non-hydrogen) atoms. The fourth-order valence-electron chi connectivity index (χ4n) is 1.94. The summed E-state index contributed by atoms with van der Waals surface area (Å²) in [6.45, 7) is 7.54. The monoisotopic (exact) mass is 228 g/mol. The fourth-order valence-corrected chi connectivity index (χ4v) is 1.94. The number of hydrogen-bond acceptors (Lipinski definition) is 2. The van der Waals surface area contributed by atoms with Gasteiger partial charge in [-0.05, 0) is 39.3 Å². The van der Waals surface area contributed by atoms with E-state index >= 15 is 0 Å². The Morgan fingerprint density at radius 2 is 1.71 bits per heavy atom. The van der Waals surface area contributed by atoms with Gasteiger partial charge in [0, 0.05) is 11.3 Å². The van der Waals surface area contributed by atoms with Gasteiger partial charge in [0.2, 0.25) is 0 Å². The van der Waals surface area contributed by atoms with E-state index in [1.807, 2.05) is 52.0 Å². The van der Waals surface area contributed by atoms with Gasteiger partial charge in [-0.3, -0.25) is 9.36 Å². The van der Waals surface area contributed by atoms with Crippen molar-refractivity contribution in [2.45, 2.75) is 27.7 Å². The highest BCUT2D eigenvalue weighted by atomic mass is 16.1. The van der Waals surface area contributed by atoms with Crippen LogP contribution in [0, 0.1) is 27.7 Å². The largest absolute Gasteiger partial charge is 0.269 e. The van der Waals surface area contributed by atoms with E-state index < -0.39 is 0 Å². The molecule has 0 radical (unpaired) electrons. The van der Waals surface area contributed by atoms with Gasteiger partial charge in [-0.1, -0.05) is 18.2 Å². The molecule has 3 heteroatoms. The molecule has 0 aliphatic rings. The molecule has 1 heterocycles. The molecule has 0 unspecified atom stereocenters. The third-order valence-electron chi connectivity index (χ3n) is 3.08. The van der Waals surface area contributed by atoms with Gasteiger partial charge in [-0.25, -0.2) is 4.98 Å². The standard InChI is InChI=1S/C14H16N2O/c1-9-7-5-6-8-13(9)16-12(4)15-11(3)10(2)14(16)17/h5-8H,1-4H3. The van der Waals surface area contributed by atoms with E-state index in [4.69, 9.17) is 0 Å². The Bertz CT molecular complexity index is 627. The summed E-state index contributed by atoms with van der Waals surface area (Å²) < 4.78 is 1.68. The van der Waals surface area contributed by atoms with Crippen molar-refractivity contribution < 1.29 is 0 Å². The van der Waals surface area contributed by atoms with Crippen LogP contribution in [-0.2, 0) is 0 Å². The van der Waals surface area contributed by atoms with Crippen molar-refractivity contribution in [2.75, 3.05) is 0 Å². The average molecular weight is 228 g/mol. The molecule has 0 aliphatic carbocycles. The zero-order valence-electron chi connectivity index (χ0n) is 10.6. The molecular formula is C14H16N2O. The van der Waals surface area contributed by atoms with Crippen LogP contribution in [0.4, 0.5) is 0 Å². The maximum Gasteiger partial charge on any atom is 0.261 e. The van der Waals surface area contributed by atoms with Crippen LogP contribution in [0.5, 0.6) is 0 Å². The number of rotatable bonds is 1. The molecule has 1 aromatic carbocycles. The zero-order chi connectivity index (χ0) is 12.6. The molecule has 3 nitrogen and oxygen atoms in total. The lowest BCUT2D eigenvalue weighted by Crippen LogP contribution is -2.26. The number of benzene rings is 1. The smallest absolute Gasteiger partial charge is 0.261 e. The summed E-state index contributed by atoms with van der Waals surface area (Å²) in [6, 6.07) is 7.84. The third-order valence-corrected chi connectivity index (χ3v) is 3.08. The minimum Gasteiger partial charge on any atom is -0.269 e. The molecule has 0 amide bonds. The van der Waals surface area contributed by atoms with E-state index in [2.05, 4.69) is 4.98 Å². The minimum absolute atomic E-state index is 0.0179. The fraction of sp³-hybridized carbons (Fsp3) is 0.286. The summed E-state index contributed by atoms with van der Waals surface area (Å²) in [5, 5.41) is 0. The lowest BCUT2D eigenvalue weighted by molar-refractivity contribution is 0.832. The number of hydrogen-bond donors (Lipinski definition) is 0. The predicted molar refractivity (Wildman–Crippen MR) is 68.8 cm³/mol. The summed E-state index contributed by atoms with van der Waals surface area (Å²) in [6.07, 6.45) is 0. The van der Waals surface area contributed by atoms with Gasteiger partial charge in [0.15, 0.2) is 0 Å². The summed E-state index contributed by atoms with van der Waals surface area (Å²) in [7, 11) is 0. The Labute approximate surface area is 101 Å². The first-order valence-electron chi connectivity index (χ1n) is 5.65. The van der Waals surface area contributed by atoms with Crippen LogP contribution >= 0.6 is 0 Å². The Kier molecular flexibility index (Phi) is 2.84. The van der Waals surface area contributed by atoms with E-state index in [0.29, 0.717) is 5.56 Å². The topological polar surface area (TPSA) is 34.9 Å². The van der Waals surface area contributed by atoms with Crippen molar-refractivity contribution in [1.29, 1.82) is 0 Å². The molecule has 2 aromatic rings. The first-order chi connectivity index (χ1) is 8.02. The SMILES string of the molecule is Cc1ccccc1-n1c(C)nc(C)c(C)c1=O. The first kappa shape index (κ1) is 11.6. The molecule has 0 aliphatic heterocycles. The molecule has 0 saturated carbocycles. The van der Waals surface area contributed by atoms with Crippen LogP contribution in [0.25, 0.3) is 5.69 Å². The average Bonchev–Trinajstić information content (AvgIpc) is 2.29. The number of para-hydroxylation sites is 1. The third kappa shape index (κ3) is 1.88. The lowest BCUT2D eigenvalue weighted by Gasteiger charge is -2.13. The molecule has 0 spiro atoms. The van der Waals surface area contributed by atoms with Crippen molar-refractivity contribution in [3.8, 4) is 5.69 Å². The number of aromatic nitrogens is 2. The molecule has 88 valence electrons. The van der Waals surface area contributed by atoms with Crippen molar-refractivity contribution in [3.05, 3.63) is 57.3 Å². The maximum absolute atomic E-state index is 12.3. The van der Waals surface area contributed by atoms with E-state index in [9.17, 15) is 4.79 Å². The van der Waals surface area contributed by atoms with Gasteiger partial charge >= 0.3 is 0 Å². The molecule has 0 bridgehead atoms. The Morgan fingerprint density at radius 1 is 1.06 bits per heavy atom. The first-order valence-corrected chi connectivity index (χ1v) is 5.65. The van der Waals surface area contributed by atoms with Crippen LogP contribution < -0.4 is 5.56 Å². The quantitative estimate of drug-likeness (QED) is 0.751. The summed E-state index contributed by atoms with van der Waals surface area (Å²) in [5.74, 6) is 0.729. The highest BCUT2D eigenvalue weighted by molar-refractivity contribution is 5.41. The van der Waals surface area contributed by atoms with Crippen molar-refractivity contribution in [3.63, 3.8) is 0 Å². The van der Waals surface area contributed by atoms with Gasteiger partial charge in [0.25, 0.3) is 5.56 Å². The molecule has 0 atom stereocenters. The zero-order valence-corrected chi connectivity index (χ0v) is 10.6. The van der Waals surface area contributed by atoms with E-state index in [0.717, 1.165) is 22.8 Å². The Morgan fingerprint density at radius 3 is 2.35 bits per heavy atom. The molecule has 2 rings (SSSR count). The number of aryl methyl sites for hydroxylation is 3. The molecular weight excluding hydrogens is 212 g/mol. The van der Waals surface area contributed by atoms with Gasteiger partial charge in [-0.15, -0.1) is 0 Å². The van der Waals surface area contributed by atoms with Crippen LogP contribution in [0.1, 0.15) is 22.6 Å². The second-order valence-electron chi connectivity index (χ2n) is 4.30. The molecule has 1 aromatic heterocycles. The van der Waals surface area contributed by atoms with Crippen LogP contribution in [0.2, 0.25) is 0 Å². The van der Waals surface area contributed by atoms with E-state index in [1.54, 1.807) is 4.57 Å². The van der Waals surface area contributed by atoms with Crippen molar-refractivity contribution >= 4 is 0 Å². The molecule has 0 saturated heterocycles. The lowest BCUT2D eigenvalue weighted by atomic mass is 10.2. The normalized spacial score (nSPS) is 10.6. The van der Waals surface area contributed by atoms with E-state index in [-0.39, 0.29) is 5.56 Å². The predicted octanol–water partition coefficient (Wildman–Crippen LogP) is 2.47. The summed E-state index contributed by atoms with van der Waals surface area (Å²) in [4.78, 5) is 16.7. The summed E-state index contributed by atoms with van der Waals surface area (Å²) in [5.41, 5.74) is 3.51. The second kappa shape index (κ2) is 4.17. The van der Waals surface area contributed by atoms with Gasteiger partial charge in [0.05, 0.1) is 5.69 Å². The highest BCUT2D eigenvalue weighted by Crippen LogP contribution is 2.13. The van der Waals surface area contributed by atoms with E-state index in [1.165, 1.54) is 0 Å². The van der Waals surface area contributed by atoms with Gasteiger partial charge in [0.1, 0.15) is 5.82 Å². The molecule has 0 N–H and O–H groups in total. The van der Waals surface area contributed by atoms with Crippen LogP contribution in [0.15, 0.2) is 29.1 Å².